The van der Waals surface area contributed by atoms with E-state index in [0.29, 0.717) is 27.0 Å². The van der Waals surface area contributed by atoms with Gasteiger partial charge in [-0.25, -0.2) is 4.98 Å². The fraction of sp³-hybridized carbons (Fsp3) is 0.150. The minimum absolute atomic E-state index is 0.000706. The van der Waals surface area contributed by atoms with Gasteiger partial charge in [0.15, 0.2) is 10.9 Å². The number of amides is 1. The Morgan fingerprint density at radius 1 is 1.10 bits per heavy atom. The van der Waals surface area contributed by atoms with E-state index in [1.807, 2.05) is 0 Å². The van der Waals surface area contributed by atoms with E-state index in [9.17, 15) is 18.4 Å². The number of thiazole rings is 1. The van der Waals surface area contributed by atoms with Gasteiger partial charge in [-0.2, -0.15) is 8.78 Å². The summed E-state index contributed by atoms with van der Waals surface area (Å²) >= 11 is 6.94. The highest BCUT2D eigenvalue weighted by atomic mass is 35.5. The summed E-state index contributed by atoms with van der Waals surface area (Å²) in [5.74, 6) is -0.542. The van der Waals surface area contributed by atoms with Crippen molar-refractivity contribution in [2.75, 3.05) is 5.32 Å². The number of hydrogen-bond donors (Lipinski definition) is 1. The second-order valence-electron chi connectivity index (χ2n) is 5.89. The molecule has 1 amide bonds. The van der Waals surface area contributed by atoms with Crippen LogP contribution in [0.4, 0.5) is 13.9 Å². The van der Waals surface area contributed by atoms with Crippen LogP contribution in [0.1, 0.15) is 23.2 Å². The molecule has 0 spiro atoms. The van der Waals surface area contributed by atoms with Crippen molar-refractivity contribution < 1.29 is 23.1 Å². The van der Waals surface area contributed by atoms with Gasteiger partial charge in [-0.1, -0.05) is 23.7 Å². The van der Waals surface area contributed by atoms with Crippen LogP contribution in [-0.2, 0) is 4.79 Å². The van der Waals surface area contributed by atoms with E-state index in [-0.39, 0.29) is 30.3 Å². The fourth-order valence-corrected chi connectivity index (χ4v) is 3.37. The molecule has 1 aromatic heterocycles. The molecular weight excluding hydrogens is 422 g/mol. The summed E-state index contributed by atoms with van der Waals surface area (Å²) in [5.41, 5.74) is 1.27. The molecular formula is C20H15ClF2N2O3S. The number of aromatic nitrogens is 1. The molecule has 5 nitrogen and oxygen atoms in total. The van der Waals surface area contributed by atoms with E-state index < -0.39 is 6.61 Å². The third-order valence-electron chi connectivity index (χ3n) is 3.87. The standard InChI is InChI=1S/C20H15ClF2N2O3S/c21-13-7-5-12(6-8-13)16(26)9-10-18(27)25-20-24-15(11-29-20)14-3-1-2-4-17(14)28-19(22)23/h1-8,11,19H,9-10H2,(H,24,25,27). The predicted molar refractivity (Wildman–Crippen MR) is 108 cm³/mol. The Labute approximate surface area is 174 Å². The molecule has 3 aromatic rings. The highest BCUT2D eigenvalue weighted by molar-refractivity contribution is 7.14. The van der Waals surface area contributed by atoms with Crippen molar-refractivity contribution in [1.29, 1.82) is 0 Å². The number of alkyl halides is 2. The maximum Gasteiger partial charge on any atom is 0.387 e. The van der Waals surface area contributed by atoms with Gasteiger partial charge in [0.25, 0.3) is 0 Å². The molecule has 0 saturated heterocycles. The van der Waals surface area contributed by atoms with Crippen LogP contribution in [0.2, 0.25) is 5.02 Å². The Kier molecular flexibility index (Phi) is 6.90. The van der Waals surface area contributed by atoms with Crippen LogP contribution in [-0.4, -0.2) is 23.3 Å². The second kappa shape index (κ2) is 9.58. The molecule has 1 heterocycles. The predicted octanol–water partition coefficient (Wildman–Crippen LogP) is 5.67. The molecule has 2 aromatic carbocycles. The van der Waals surface area contributed by atoms with Crippen LogP contribution < -0.4 is 10.1 Å². The first kappa shape index (κ1) is 20.9. The number of benzene rings is 2. The van der Waals surface area contributed by atoms with E-state index in [4.69, 9.17) is 11.6 Å². The lowest BCUT2D eigenvalue weighted by molar-refractivity contribution is -0.116. The van der Waals surface area contributed by atoms with Crippen molar-refractivity contribution in [3.05, 3.63) is 64.5 Å². The third kappa shape index (κ3) is 5.82. The molecule has 1 N–H and O–H groups in total. The molecule has 0 atom stereocenters. The Bertz CT molecular complexity index is 1010. The average Bonchev–Trinajstić information content (AvgIpc) is 3.15. The van der Waals surface area contributed by atoms with Gasteiger partial charge in [-0.3, -0.25) is 9.59 Å². The zero-order chi connectivity index (χ0) is 20.8. The summed E-state index contributed by atoms with van der Waals surface area (Å²) in [7, 11) is 0. The Morgan fingerprint density at radius 2 is 1.83 bits per heavy atom. The van der Waals surface area contributed by atoms with Gasteiger partial charge in [-0.15, -0.1) is 11.3 Å². The number of anilines is 1. The Balaban J connectivity index is 1.59. The SMILES string of the molecule is O=C(CCC(=O)c1ccc(Cl)cc1)Nc1nc(-c2ccccc2OC(F)F)cs1. The molecule has 0 unspecified atom stereocenters. The first-order valence-corrected chi connectivity index (χ1v) is 9.76. The first-order chi connectivity index (χ1) is 13.9. The van der Waals surface area contributed by atoms with Gasteiger partial charge in [0.05, 0.1) is 5.69 Å². The van der Waals surface area contributed by atoms with Gasteiger partial charge >= 0.3 is 6.61 Å². The van der Waals surface area contributed by atoms with Gasteiger partial charge in [-0.05, 0) is 36.4 Å². The number of halogens is 3. The zero-order valence-corrected chi connectivity index (χ0v) is 16.5. The number of para-hydroxylation sites is 1. The summed E-state index contributed by atoms with van der Waals surface area (Å²) in [6.45, 7) is -2.95. The van der Waals surface area contributed by atoms with E-state index in [1.54, 1.807) is 47.8 Å². The number of nitrogens with one attached hydrogen (secondary N) is 1. The van der Waals surface area contributed by atoms with Crippen LogP contribution in [0.15, 0.2) is 53.9 Å². The molecule has 9 heteroatoms. The zero-order valence-electron chi connectivity index (χ0n) is 14.9. The molecule has 0 saturated carbocycles. The number of ketones is 1. The Hall–Kier alpha value is -2.84. The van der Waals surface area contributed by atoms with Crippen LogP contribution in [0.5, 0.6) is 5.75 Å². The van der Waals surface area contributed by atoms with Crippen molar-refractivity contribution in [2.45, 2.75) is 19.5 Å². The van der Waals surface area contributed by atoms with Crippen molar-refractivity contribution in [1.82, 2.24) is 4.98 Å². The van der Waals surface area contributed by atoms with Crippen LogP contribution in [0.3, 0.4) is 0 Å². The molecule has 3 rings (SSSR count). The number of nitrogens with zero attached hydrogens (tertiary/aromatic N) is 1. The summed E-state index contributed by atoms with van der Waals surface area (Å²) in [6, 6.07) is 12.7. The lowest BCUT2D eigenvalue weighted by Crippen LogP contribution is -2.13. The van der Waals surface area contributed by atoms with E-state index in [1.165, 1.54) is 6.07 Å². The van der Waals surface area contributed by atoms with Crippen LogP contribution >= 0.6 is 22.9 Å². The first-order valence-electron chi connectivity index (χ1n) is 8.51. The van der Waals surface area contributed by atoms with Crippen molar-refractivity contribution in [3.63, 3.8) is 0 Å². The van der Waals surface area contributed by atoms with Gasteiger partial charge in [0.1, 0.15) is 5.75 Å². The number of rotatable bonds is 8. The average molecular weight is 437 g/mol. The quantitative estimate of drug-likeness (QED) is 0.462. The van der Waals surface area contributed by atoms with Crippen LogP contribution in [0.25, 0.3) is 11.3 Å². The molecule has 0 aliphatic heterocycles. The molecule has 0 fully saturated rings. The number of carbonyl (C=O) groups is 2. The van der Waals surface area contributed by atoms with Crippen LogP contribution in [0, 0.1) is 0 Å². The molecule has 29 heavy (non-hydrogen) atoms. The number of hydrogen-bond acceptors (Lipinski definition) is 5. The lowest BCUT2D eigenvalue weighted by Gasteiger charge is -2.08. The fourth-order valence-electron chi connectivity index (χ4n) is 2.52. The molecule has 0 aliphatic rings. The normalized spacial score (nSPS) is 10.8. The van der Waals surface area contributed by atoms with Gasteiger partial charge in [0.2, 0.25) is 5.91 Å². The number of carbonyl (C=O) groups excluding carboxylic acids is 2. The molecule has 0 aliphatic carbocycles. The largest absolute Gasteiger partial charge is 0.434 e. The van der Waals surface area contributed by atoms with E-state index in [0.717, 1.165) is 11.3 Å². The highest BCUT2D eigenvalue weighted by Crippen LogP contribution is 2.33. The monoisotopic (exact) mass is 436 g/mol. The smallest absolute Gasteiger partial charge is 0.387 e. The maximum absolute atomic E-state index is 12.6. The topological polar surface area (TPSA) is 68.3 Å². The summed E-state index contributed by atoms with van der Waals surface area (Å²) in [5, 5.41) is 5.07. The molecule has 0 bridgehead atoms. The van der Waals surface area contributed by atoms with Crippen molar-refractivity contribution >= 4 is 39.8 Å². The lowest BCUT2D eigenvalue weighted by atomic mass is 10.1. The van der Waals surface area contributed by atoms with Gasteiger partial charge < -0.3 is 10.1 Å². The number of ether oxygens (including phenoxy) is 1. The minimum atomic E-state index is -2.95. The Morgan fingerprint density at radius 3 is 2.55 bits per heavy atom. The van der Waals surface area contributed by atoms with Crippen molar-refractivity contribution in [3.8, 4) is 17.0 Å². The highest BCUT2D eigenvalue weighted by Gasteiger charge is 2.15. The number of Topliss-reactive ketones (excluding diaryl/α,β-unsaturated/α-hetero) is 1. The van der Waals surface area contributed by atoms with E-state index in [2.05, 4.69) is 15.0 Å². The molecule has 0 radical (unpaired) electrons. The van der Waals surface area contributed by atoms with E-state index >= 15 is 0 Å². The summed E-state index contributed by atoms with van der Waals surface area (Å²) < 4.78 is 29.6. The van der Waals surface area contributed by atoms with Crippen molar-refractivity contribution in [2.24, 2.45) is 0 Å². The third-order valence-corrected chi connectivity index (χ3v) is 4.88. The second-order valence-corrected chi connectivity index (χ2v) is 7.19. The molecule has 150 valence electrons. The minimum Gasteiger partial charge on any atom is -0.434 e. The maximum atomic E-state index is 12.6. The summed E-state index contributed by atoms with van der Waals surface area (Å²) in [6.07, 6.45) is 0.0260. The summed E-state index contributed by atoms with van der Waals surface area (Å²) in [4.78, 5) is 28.5. The van der Waals surface area contributed by atoms with Gasteiger partial charge in [0, 0.05) is 34.4 Å².